The number of carbonyl (C=O) groups is 2. The van der Waals surface area contributed by atoms with Crippen LogP contribution in [0, 0.1) is 5.41 Å². The van der Waals surface area contributed by atoms with Gasteiger partial charge in [0.2, 0.25) is 0 Å². The first-order valence-corrected chi connectivity index (χ1v) is 7.18. The van der Waals surface area contributed by atoms with E-state index in [1.165, 1.54) is 0 Å². The molecule has 116 valence electrons. The van der Waals surface area contributed by atoms with Gasteiger partial charge in [-0.05, 0) is 18.3 Å². The maximum atomic E-state index is 12.3. The average molecular weight is 286 g/mol. The molecule has 0 spiro atoms. The predicted molar refractivity (Wildman–Crippen MR) is 75.5 cm³/mol. The lowest BCUT2D eigenvalue weighted by molar-refractivity contribution is -0.142. The lowest BCUT2D eigenvalue weighted by atomic mass is 9.87. The molecule has 6 nitrogen and oxygen atoms in total. The van der Waals surface area contributed by atoms with Crippen molar-refractivity contribution in [1.82, 2.24) is 10.2 Å². The first-order valence-electron chi connectivity index (χ1n) is 7.18. The van der Waals surface area contributed by atoms with Crippen molar-refractivity contribution in [3.8, 4) is 0 Å². The van der Waals surface area contributed by atoms with Gasteiger partial charge in [0.25, 0.3) is 0 Å². The van der Waals surface area contributed by atoms with Crippen LogP contribution in [0.3, 0.4) is 0 Å². The number of aliphatic hydroxyl groups excluding tert-OH is 1. The third-order valence-electron chi connectivity index (χ3n) is 3.73. The van der Waals surface area contributed by atoms with Crippen LogP contribution in [0.2, 0.25) is 0 Å². The highest BCUT2D eigenvalue weighted by Gasteiger charge is 2.35. The Hall–Kier alpha value is -1.30. The minimum atomic E-state index is -1.04. The molecular formula is C14H26N2O4. The monoisotopic (exact) mass is 286 g/mol. The number of nitrogens with zero attached hydrogens (tertiary/aromatic N) is 1. The van der Waals surface area contributed by atoms with Gasteiger partial charge in [0.1, 0.15) is 6.04 Å². The van der Waals surface area contributed by atoms with Crippen molar-refractivity contribution < 1.29 is 19.8 Å². The van der Waals surface area contributed by atoms with Gasteiger partial charge in [-0.1, -0.05) is 33.6 Å². The molecule has 0 aromatic rings. The first kappa shape index (κ1) is 16.8. The zero-order chi connectivity index (χ0) is 15.3. The number of carboxylic acid groups (broad SMARTS) is 1. The second kappa shape index (κ2) is 6.92. The van der Waals surface area contributed by atoms with E-state index in [1.54, 1.807) is 25.7 Å². The number of nitrogens with one attached hydrogen (secondary N) is 1. The van der Waals surface area contributed by atoms with Crippen molar-refractivity contribution in [3.63, 3.8) is 0 Å². The molecule has 1 aliphatic rings. The number of rotatable bonds is 3. The van der Waals surface area contributed by atoms with Crippen LogP contribution in [0.25, 0.3) is 0 Å². The number of urea groups is 1. The Balaban J connectivity index is 2.78. The van der Waals surface area contributed by atoms with Gasteiger partial charge in [0.15, 0.2) is 0 Å². The predicted octanol–water partition coefficient (Wildman–Crippen LogP) is 1.43. The maximum absolute atomic E-state index is 12.3. The van der Waals surface area contributed by atoms with E-state index in [-0.39, 0.29) is 12.6 Å². The van der Waals surface area contributed by atoms with E-state index < -0.39 is 23.5 Å². The summed E-state index contributed by atoms with van der Waals surface area (Å²) in [5.41, 5.74) is -0.567. The SMILES string of the molecule is CC(C)(C)C(NC(=O)N1CCCCCC1CO)C(=O)O. The van der Waals surface area contributed by atoms with Crippen LogP contribution in [-0.2, 0) is 4.79 Å². The number of carboxylic acids is 1. The highest BCUT2D eigenvalue weighted by Crippen LogP contribution is 2.21. The molecule has 1 saturated heterocycles. The molecule has 2 unspecified atom stereocenters. The smallest absolute Gasteiger partial charge is 0.326 e. The van der Waals surface area contributed by atoms with Crippen LogP contribution in [0.5, 0.6) is 0 Å². The molecule has 0 aromatic heterocycles. The van der Waals surface area contributed by atoms with E-state index in [4.69, 9.17) is 0 Å². The van der Waals surface area contributed by atoms with E-state index in [9.17, 15) is 19.8 Å². The van der Waals surface area contributed by atoms with Crippen molar-refractivity contribution in [3.05, 3.63) is 0 Å². The van der Waals surface area contributed by atoms with Crippen molar-refractivity contribution >= 4 is 12.0 Å². The summed E-state index contributed by atoms with van der Waals surface area (Å²) in [6, 6.07) is -1.56. The quantitative estimate of drug-likeness (QED) is 0.732. The Bertz CT molecular complexity index is 352. The van der Waals surface area contributed by atoms with Crippen LogP contribution in [-0.4, -0.2) is 52.3 Å². The molecule has 0 saturated carbocycles. The van der Waals surface area contributed by atoms with E-state index in [0.717, 1.165) is 25.7 Å². The molecular weight excluding hydrogens is 260 g/mol. The van der Waals surface area contributed by atoms with E-state index in [2.05, 4.69) is 5.32 Å². The highest BCUT2D eigenvalue weighted by molar-refractivity contribution is 5.83. The summed E-state index contributed by atoms with van der Waals surface area (Å²) in [5, 5.41) is 21.2. The van der Waals surface area contributed by atoms with Crippen LogP contribution in [0.4, 0.5) is 4.79 Å². The molecule has 0 bridgehead atoms. The summed E-state index contributed by atoms with van der Waals surface area (Å²) in [7, 11) is 0. The maximum Gasteiger partial charge on any atom is 0.326 e. The standard InChI is InChI=1S/C14H26N2O4/c1-14(2,3)11(12(18)19)15-13(20)16-8-6-4-5-7-10(16)9-17/h10-11,17H,4-9H2,1-3H3,(H,15,20)(H,18,19). The molecule has 1 rings (SSSR count). The fraction of sp³-hybridized carbons (Fsp3) is 0.857. The van der Waals surface area contributed by atoms with Gasteiger partial charge in [0, 0.05) is 6.54 Å². The largest absolute Gasteiger partial charge is 0.480 e. The molecule has 0 aromatic carbocycles. The van der Waals surface area contributed by atoms with Gasteiger partial charge in [-0.25, -0.2) is 9.59 Å². The fourth-order valence-electron chi connectivity index (χ4n) is 2.49. The van der Waals surface area contributed by atoms with Crippen molar-refractivity contribution in [2.24, 2.45) is 5.41 Å². The highest BCUT2D eigenvalue weighted by atomic mass is 16.4. The molecule has 1 fully saturated rings. The summed E-state index contributed by atoms with van der Waals surface area (Å²) < 4.78 is 0. The van der Waals surface area contributed by atoms with Gasteiger partial charge in [-0.3, -0.25) is 0 Å². The first-order chi connectivity index (χ1) is 9.27. The third kappa shape index (κ3) is 4.37. The summed E-state index contributed by atoms with van der Waals surface area (Å²) in [4.78, 5) is 25.2. The molecule has 2 atom stereocenters. The number of carbonyl (C=O) groups excluding carboxylic acids is 1. The Morgan fingerprint density at radius 3 is 2.45 bits per heavy atom. The van der Waals surface area contributed by atoms with Gasteiger partial charge >= 0.3 is 12.0 Å². The third-order valence-corrected chi connectivity index (χ3v) is 3.73. The number of amides is 2. The minimum absolute atomic E-state index is 0.0827. The van der Waals surface area contributed by atoms with E-state index >= 15 is 0 Å². The molecule has 6 heteroatoms. The summed E-state index contributed by atoms with van der Waals surface area (Å²) in [5.74, 6) is -1.04. The second-order valence-corrected chi connectivity index (χ2v) is 6.47. The van der Waals surface area contributed by atoms with Crippen LogP contribution in [0.1, 0.15) is 46.5 Å². The minimum Gasteiger partial charge on any atom is -0.480 e. The topological polar surface area (TPSA) is 89.9 Å². The van der Waals surface area contributed by atoms with Crippen molar-refractivity contribution in [1.29, 1.82) is 0 Å². The average Bonchev–Trinajstić information content (AvgIpc) is 2.58. The van der Waals surface area contributed by atoms with Crippen molar-refractivity contribution in [2.45, 2.75) is 58.5 Å². The van der Waals surface area contributed by atoms with Crippen molar-refractivity contribution in [2.75, 3.05) is 13.2 Å². The Morgan fingerprint density at radius 1 is 1.30 bits per heavy atom. The Labute approximate surface area is 120 Å². The van der Waals surface area contributed by atoms with Gasteiger partial charge < -0.3 is 20.4 Å². The molecule has 1 heterocycles. The number of aliphatic hydroxyl groups is 1. The van der Waals surface area contributed by atoms with Crippen LogP contribution >= 0.6 is 0 Å². The zero-order valence-corrected chi connectivity index (χ0v) is 12.6. The van der Waals surface area contributed by atoms with Crippen LogP contribution in [0.15, 0.2) is 0 Å². The molecule has 1 aliphatic heterocycles. The second-order valence-electron chi connectivity index (χ2n) is 6.47. The zero-order valence-electron chi connectivity index (χ0n) is 12.6. The number of likely N-dealkylation sites (tertiary alicyclic amines) is 1. The normalized spacial score (nSPS) is 22.0. The summed E-state index contributed by atoms with van der Waals surface area (Å²) >= 11 is 0. The summed E-state index contributed by atoms with van der Waals surface area (Å²) in [6.07, 6.45) is 3.66. The number of aliphatic carboxylic acids is 1. The number of hydrogen-bond donors (Lipinski definition) is 3. The van der Waals surface area contributed by atoms with E-state index in [0.29, 0.717) is 6.54 Å². The molecule has 2 amide bonds. The van der Waals surface area contributed by atoms with Gasteiger partial charge in [0.05, 0.1) is 12.6 Å². The number of hydrogen-bond acceptors (Lipinski definition) is 3. The Morgan fingerprint density at radius 2 is 1.95 bits per heavy atom. The van der Waals surface area contributed by atoms with Gasteiger partial charge in [-0.2, -0.15) is 0 Å². The Kier molecular flexibility index (Phi) is 5.80. The lowest BCUT2D eigenvalue weighted by Crippen LogP contribution is -2.55. The molecule has 20 heavy (non-hydrogen) atoms. The van der Waals surface area contributed by atoms with E-state index in [1.807, 2.05) is 0 Å². The van der Waals surface area contributed by atoms with Gasteiger partial charge in [-0.15, -0.1) is 0 Å². The summed E-state index contributed by atoms with van der Waals surface area (Å²) in [6.45, 7) is 5.81. The molecule has 3 N–H and O–H groups in total. The molecule has 0 aliphatic carbocycles. The fourth-order valence-corrected chi connectivity index (χ4v) is 2.49. The van der Waals surface area contributed by atoms with Crippen LogP contribution < -0.4 is 5.32 Å². The molecule has 0 radical (unpaired) electrons. The lowest BCUT2D eigenvalue weighted by Gasteiger charge is -2.33.